The van der Waals surface area contributed by atoms with Gasteiger partial charge in [-0.3, -0.25) is 0 Å². The first-order valence-corrected chi connectivity index (χ1v) is 11.9. The molecular weight excluding hydrogens is 422 g/mol. The van der Waals surface area contributed by atoms with Gasteiger partial charge in [0.25, 0.3) is 0 Å². The zero-order valence-corrected chi connectivity index (χ0v) is 17.9. The van der Waals surface area contributed by atoms with Crippen LogP contribution in [0.4, 0.5) is 11.8 Å². The Morgan fingerprint density at radius 1 is 0.933 bits per heavy atom. The lowest BCUT2D eigenvalue weighted by atomic mass is 10.2. The number of fused-ring (bicyclic) bond motifs is 1. The van der Waals surface area contributed by atoms with Gasteiger partial charge in [-0.05, 0) is 49.2 Å². The maximum Gasteiger partial charge on any atom is 0.243 e. The molecule has 5 rings (SSSR count). The van der Waals surface area contributed by atoms with E-state index in [1.54, 1.807) is 24.3 Å². The molecule has 1 aromatic heterocycles. The zero-order chi connectivity index (χ0) is 20.7. The molecule has 1 N–H and O–H groups in total. The Morgan fingerprint density at radius 3 is 2.33 bits per heavy atom. The number of halogens is 1. The molecule has 7 nitrogen and oxygen atoms in total. The quantitative estimate of drug-likeness (QED) is 0.651. The van der Waals surface area contributed by atoms with Gasteiger partial charge in [0, 0.05) is 42.6 Å². The van der Waals surface area contributed by atoms with E-state index in [9.17, 15) is 8.42 Å². The molecule has 2 aromatic carbocycles. The van der Waals surface area contributed by atoms with Gasteiger partial charge >= 0.3 is 0 Å². The number of para-hydroxylation sites is 1. The fourth-order valence-corrected chi connectivity index (χ4v) is 5.17. The highest BCUT2D eigenvalue weighted by Gasteiger charge is 2.30. The second kappa shape index (κ2) is 7.68. The molecule has 1 saturated carbocycles. The molecule has 0 amide bonds. The lowest BCUT2D eigenvalue weighted by molar-refractivity contribution is 0.382. The third-order valence-corrected chi connectivity index (χ3v) is 7.65. The first kappa shape index (κ1) is 19.5. The van der Waals surface area contributed by atoms with E-state index in [-0.39, 0.29) is 4.90 Å². The van der Waals surface area contributed by atoms with Gasteiger partial charge in [0.05, 0.1) is 10.4 Å². The number of nitrogens with one attached hydrogen (secondary N) is 1. The van der Waals surface area contributed by atoms with Gasteiger partial charge in [0.15, 0.2) is 0 Å². The lowest BCUT2D eigenvalue weighted by Gasteiger charge is -2.34. The van der Waals surface area contributed by atoms with E-state index >= 15 is 0 Å². The van der Waals surface area contributed by atoms with Gasteiger partial charge in [0.2, 0.25) is 16.0 Å². The van der Waals surface area contributed by atoms with Crippen LogP contribution in [0.3, 0.4) is 0 Å². The maximum atomic E-state index is 12.9. The number of hydrogen-bond donors (Lipinski definition) is 1. The second-order valence-corrected chi connectivity index (χ2v) is 10.0. The predicted molar refractivity (Wildman–Crippen MR) is 119 cm³/mol. The van der Waals surface area contributed by atoms with Gasteiger partial charge < -0.3 is 10.2 Å². The number of hydrogen-bond acceptors (Lipinski definition) is 6. The predicted octanol–water partition coefficient (Wildman–Crippen LogP) is 3.37. The molecular formula is C21H22ClN5O2S. The van der Waals surface area contributed by atoms with E-state index in [0.717, 1.165) is 29.6 Å². The Morgan fingerprint density at radius 2 is 1.63 bits per heavy atom. The standard InChI is InChI=1S/C21H22ClN5O2S/c22-15-5-9-17(10-6-15)30(28,29)27-13-11-26(12-14-27)21-24-19-4-2-1-3-18(19)20(25-21)23-16-7-8-16/h1-6,9-10,16H,7-8,11-14H2,(H,23,24,25). The van der Waals surface area contributed by atoms with E-state index in [0.29, 0.717) is 43.2 Å². The van der Waals surface area contributed by atoms with Crippen LogP contribution >= 0.6 is 11.6 Å². The number of sulfonamides is 1. The van der Waals surface area contributed by atoms with Crippen molar-refractivity contribution in [2.24, 2.45) is 0 Å². The highest BCUT2D eigenvalue weighted by Crippen LogP contribution is 2.30. The summed E-state index contributed by atoms with van der Waals surface area (Å²) < 4.78 is 27.4. The molecule has 1 saturated heterocycles. The second-order valence-electron chi connectivity index (χ2n) is 7.65. The van der Waals surface area contributed by atoms with Crippen LogP contribution in [-0.2, 0) is 10.0 Å². The van der Waals surface area contributed by atoms with Gasteiger partial charge in [-0.2, -0.15) is 9.29 Å². The first-order valence-electron chi connectivity index (χ1n) is 10.0. The van der Waals surface area contributed by atoms with E-state index < -0.39 is 10.0 Å². The third-order valence-electron chi connectivity index (χ3n) is 5.48. The van der Waals surface area contributed by atoms with Crippen molar-refractivity contribution in [3.05, 3.63) is 53.6 Å². The van der Waals surface area contributed by atoms with Gasteiger partial charge in [-0.25, -0.2) is 13.4 Å². The monoisotopic (exact) mass is 443 g/mol. The summed E-state index contributed by atoms with van der Waals surface area (Å²) in [5.41, 5.74) is 0.891. The van der Waals surface area contributed by atoms with Crippen molar-refractivity contribution in [1.82, 2.24) is 14.3 Å². The van der Waals surface area contributed by atoms with Crippen molar-refractivity contribution in [3.8, 4) is 0 Å². The Bertz CT molecular complexity index is 1170. The van der Waals surface area contributed by atoms with E-state index in [1.165, 1.54) is 4.31 Å². The molecule has 3 aromatic rings. The van der Waals surface area contributed by atoms with Crippen LogP contribution in [0.25, 0.3) is 10.9 Å². The highest BCUT2D eigenvalue weighted by molar-refractivity contribution is 7.89. The average Bonchev–Trinajstić information content (AvgIpc) is 3.58. The minimum Gasteiger partial charge on any atom is -0.367 e. The Kier molecular flexibility index (Phi) is 5.00. The van der Waals surface area contributed by atoms with Gasteiger partial charge in [-0.15, -0.1) is 0 Å². The van der Waals surface area contributed by atoms with Crippen molar-refractivity contribution in [2.45, 2.75) is 23.8 Å². The highest BCUT2D eigenvalue weighted by atomic mass is 35.5. The molecule has 30 heavy (non-hydrogen) atoms. The Labute approximate surface area is 180 Å². The average molecular weight is 444 g/mol. The molecule has 0 radical (unpaired) electrons. The number of piperazine rings is 1. The number of benzene rings is 2. The molecule has 0 atom stereocenters. The molecule has 156 valence electrons. The summed E-state index contributed by atoms with van der Waals surface area (Å²) in [5.74, 6) is 1.50. The van der Waals surface area contributed by atoms with Crippen LogP contribution in [0, 0.1) is 0 Å². The van der Waals surface area contributed by atoms with Crippen molar-refractivity contribution in [2.75, 3.05) is 36.4 Å². The van der Waals surface area contributed by atoms with E-state index in [2.05, 4.69) is 10.2 Å². The van der Waals surface area contributed by atoms with E-state index in [4.69, 9.17) is 21.6 Å². The summed E-state index contributed by atoms with van der Waals surface area (Å²) in [6, 6.07) is 14.8. The molecule has 1 aliphatic carbocycles. The van der Waals surface area contributed by atoms with Crippen molar-refractivity contribution >= 4 is 44.3 Å². The van der Waals surface area contributed by atoms with Crippen LogP contribution in [0.5, 0.6) is 0 Å². The van der Waals surface area contributed by atoms with Crippen LogP contribution in [0.2, 0.25) is 5.02 Å². The minimum atomic E-state index is -3.54. The molecule has 0 unspecified atom stereocenters. The third kappa shape index (κ3) is 3.82. The zero-order valence-electron chi connectivity index (χ0n) is 16.3. The molecule has 0 bridgehead atoms. The van der Waals surface area contributed by atoms with Gasteiger partial charge in [-0.1, -0.05) is 23.7 Å². The van der Waals surface area contributed by atoms with Crippen LogP contribution in [-0.4, -0.2) is 54.9 Å². The summed E-state index contributed by atoms with van der Waals surface area (Å²) in [5, 5.41) is 5.03. The SMILES string of the molecule is O=S(=O)(c1ccc(Cl)cc1)N1CCN(c2nc(NC3CC3)c3ccccc3n2)CC1. The largest absolute Gasteiger partial charge is 0.367 e. The molecule has 2 aliphatic rings. The smallest absolute Gasteiger partial charge is 0.243 e. The first-order chi connectivity index (χ1) is 14.5. The number of aromatic nitrogens is 2. The van der Waals surface area contributed by atoms with Crippen molar-refractivity contribution in [1.29, 1.82) is 0 Å². The summed E-state index contributed by atoms with van der Waals surface area (Å²) in [6.45, 7) is 1.83. The maximum absolute atomic E-state index is 12.9. The summed E-state index contributed by atoms with van der Waals surface area (Å²) in [4.78, 5) is 11.8. The van der Waals surface area contributed by atoms with Crippen LogP contribution in [0.15, 0.2) is 53.4 Å². The van der Waals surface area contributed by atoms with Crippen molar-refractivity contribution < 1.29 is 8.42 Å². The number of anilines is 2. The molecule has 2 fully saturated rings. The molecule has 1 aliphatic heterocycles. The Hall–Kier alpha value is -2.42. The molecule has 2 heterocycles. The van der Waals surface area contributed by atoms with Crippen LogP contribution < -0.4 is 10.2 Å². The fourth-order valence-electron chi connectivity index (χ4n) is 3.62. The lowest BCUT2D eigenvalue weighted by Crippen LogP contribution is -2.49. The topological polar surface area (TPSA) is 78.4 Å². The van der Waals surface area contributed by atoms with Crippen LogP contribution in [0.1, 0.15) is 12.8 Å². The fraction of sp³-hybridized carbons (Fsp3) is 0.333. The minimum absolute atomic E-state index is 0.262. The number of rotatable bonds is 5. The van der Waals surface area contributed by atoms with Gasteiger partial charge in [0.1, 0.15) is 5.82 Å². The summed E-state index contributed by atoms with van der Waals surface area (Å²) >= 11 is 5.89. The number of nitrogens with zero attached hydrogens (tertiary/aromatic N) is 4. The molecule has 0 spiro atoms. The molecule has 9 heteroatoms. The Balaban J connectivity index is 1.36. The normalized spacial score (nSPS) is 18.0. The van der Waals surface area contributed by atoms with E-state index in [1.807, 2.05) is 24.3 Å². The van der Waals surface area contributed by atoms with Crippen molar-refractivity contribution in [3.63, 3.8) is 0 Å². The summed E-state index contributed by atoms with van der Waals surface area (Å²) in [7, 11) is -3.54. The summed E-state index contributed by atoms with van der Waals surface area (Å²) in [6.07, 6.45) is 2.32.